The maximum absolute atomic E-state index is 5.99. The maximum atomic E-state index is 5.99. The molecule has 1 atom stereocenters. The van der Waals surface area contributed by atoms with Crippen molar-refractivity contribution in [2.75, 3.05) is 0 Å². The second kappa shape index (κ2) is 3.97. The van der Waals surface area contributed by atoms with Gasteiger partial charge in [-0.15, -0.1) is 22.9 Å². The Bertz CT molecular complexity index is 278. The second-order valence-corrected chi connectivity index (χ2v) is 5.93. The zero-order chi connectivity index (χ0) is 10.1. The zero-order valence-electron chi connectivity index (χ0n) is 8.60. The van der Waals surface area contributed by atoms with Crippen LogP contribution in [0.4, 0.5) is 0 Å². The van der Waals surface area contributed by atoms with E-state index in [1.165, 1.54) is 5.69 Å². The Morgan fingerprint density at radius 1 is 1.62 bits per heavy atom. The van der Waals surface area contributed by atoms with Gasteiger partial charge in [0.15, 0.2) is 0 Å². The molecule has 0 aliphatic rings. The quantitative estimate of drug-likeness (QED) is 0.703. The van der Waals surface area contributed by atoms with Gasteiger partial charge in [-0.05, 0) is 20.3 Å². The van der Waals surface area contributed by atoms with Crippen molar-refractivity contribution in [2.45, 2.75) is 44.9 Å². The second-order valence-electron chi connectivity index (χ2n) is 4.12. The topological polar surface area (TPSA) is 12.9 Å². The Balaban J connectivity index is 2.80. The summed E-state index contributed by atoms with van der Waals surface area (Å²) in [6.07, 6.45) is 0.970. The van der Waals surface area contributed by atoms with Gasteiger partial charge in [0.05, 0.1) is 10.7 Å². The molecule has 74 valence electrons. The van der Waals surface area contributed by atoms with Crippen LogP contribution < -0.4 is 0 Å². The Morgan fingerprint density at radius 3 is 2.62 bits per heavy atom. The lowest BCUT2D eigenvalue weighted by molar-refractivity contribution is 0.465. The number of alkyl halides is 1. The number of aromatic nitrogens is 1. The summed E-state index contributed by atoms with van der Waals surface area (Å²) in [4.78, 5) is 4.50. The number of hydrogen-bond donors (Lipinski definition) is 0. The van der Waals surface area contributed by atoms with Crippen LogP contribution in [0.5, 0.6) is 0 Å². The highest BCUT2D eigenvalue weighted by Crippen LogP contribution is 2.30. The molecule has 0 fully saturated rings. The number of halogens is 1. The minimum atomic E-state index is 0.103. The predicted octanol–water partition coefficient (Wildman–Crippen LogP) is 3.75. The molecule has 0 aromatic carbocycles. The normalized spacial score (nSPS) is 14.5. The molecular weight excluding hydrogens is 202 g/mol. The van der Waals surface area contributed by atoms with Gasteiger partial charge in [0, 0.05) is 16.2 Å². The smallest absolute Gasteiger partial charge is 0.0897 e. The molecule has 1 aromatic rings. The van der Waals surface area contributed by atoms with Gasteiger partial charge in [-0.1, -0.05) is 13.8 Å². The standard InChI is InChI=1S/C10H16ClNS/c1-7(11)5-10(3,4)9-6-13-8(2)12-9/h6-7H,5H2,1-4H3. The average Bonchev–Trinajstić information content (AvgIpc) is 2.32. The fraction of sp³-hybridized carbons (Fsp3) is 0.700. The Morgan fingerprint density at radius 2 is 2.23 bits per heavy atom. The van der Waals surface area contributed by atoms with Gasteiger partial charge >= 0.3 is 0 Å². The molecule has 0 radical (unpaired) electrons. The Labute approximate surface area is 89.1 Å². The van der Waals surface area contributed by atoms with Gasteiger partial charge in [-0.25, -0.2) is 4.98 Å². The maximum Gasteiger partial charge on any atom is 0.0897 e. The lowest BCUT2D eigenvalue weighted by Gasteiger charge is -2.23. The fourth-order valence-electron chi connectivity index (χ4n) is 1.48. The van der Waals surface area contributed by atoms with Crippen LogP contribution in [-0.4, -0.2) is 10.4 Å². The van der Waals surface area contributed by atoms with E-state index in [0.717, 1.165) is 11.4 Å². The van der Waals surface area contributed by atoms with Gasteiger partial charge in [-0.3, -0.25) is 0 Å². The summed E-state index contributed by atoms with van der Waals surface area (Å²) >= 11 is 7.70. The highest BCUT2D eigenvalue weighted by atomic mass is 35.5. The average molecular weight is 218 g/mol. The first-order valence-corrected chi connectivity index (χ1v) is 5.80. The van der Waals surface area contributed by atoms with Crippen molar-refractivity contribution in [1.29, 1.82) is 0 Å². The molecule has 13 heavy (non-hydrogen) atoms. The third kappa shape index (κ3) is 2.96. The first kappa shape index (κ1) is 11.0. The molecule has 1 aromatic heterocycles. The molecule has 0 saturated carbocycles. The molecule has 0 bridgehead atoms. The number of thiazole rings is 1. The van der Waals surface area contributed by atoms with E-state index < -0.39 is 0 Å². The predicted molar refractivity (Wildman–Crippen MR) is 59.8 cm³/mol. The molecule has 1 nitrogen and oxygen atoms in total. The molecular formula is C10H16ClNS. The van der Waals surface area contributed by atoms with E-state index in [4.69, 9.17) is 11.6 Å². The number of aryl methyl sites for hydroxylation is 1. The van der Waals surface area contributed by atoms with E-state index in [9.17, 15) is 0 Å². The first-order valence-electron chi connectivity index (χ1n) is 4.48. The van der Waals surface area contributed by atoms with Crippen molar-refractivity contribution in [3.63, 3.8) is 0 Å². The van der Waals surface area contributed by atoms with E-state index in [2.05, 4.69) is 24.2 Å². The zero-order valence-corrected chi connectivity index (χ0v) is 10.2. The van der Waals surface area contributed by atoms with E-state index in [-0.39, 0.29) is 10.8 Å². The number of hydrogen-bond acceptors (Lipinski definition) is 2. The highest BCUT2D eigenvalue weighted by Gasteiger charge is 2.24. The molecule has 0 aliphatic carbocycles. The van der Waals surface area contributed by atoms with Gasteiger partial charge in [0.2, 0.25) is 0 Å². The summed E-state index contributed by atoms with van der Waals surface area (Å²) in [7, 11) is 0. The largest absolute Gasteiger partial charge is 0.246 e. The minimum absolute atomic E-state index is 0.103. The van der Waals surface area contributed by atoms with E-state index in [0.29, 0.717) is 0 Å². The third-order valence-corrected chi connectivity index (χ3v) is 3.03. The van der Waals surface area contributed by atoms with Gasteiger partial charge in [-0.2, -0.15) is 0 Å². The molecule has 0 amide bonds. The number of nitrogens with zero attached hydrogens (tertiary/aromatic N) is 1. The Kier molecular flexibility index (Phi) is 3.36. The van der Waals surface area contributed by atoms with Crippen molar-refractivity contribution < 1.29 is 0 Å². The fourth-order valence-corrected chi connectivity index (χ4v) is 2.67. The summed E-state index contributed by atoms with van der Waals surface area (Å²) in [6, 6.07) is 0. The summed E-state index contributed by atoms with van der Waals surface area (Å²) in [5, 5.41) is 3.47. The van der Waals surface area contributed by atoms with E-state index >= 15 is 0 Å². The van der Waals surface area contributed by atoms with Crippen LogP contribution in [0.15, 0.2) is 5.38 Å². The Hall–Kier alpha value is -0.0800. The van der Waals surface area contributed by atoms with E-state index in [1.54, 1.807) is 11.3 Å². The lowest BCUT2D eigenvalue weighted by atomic mass is 9.85. The van der Waals surface area contributed by atoms with Crippen LogP contribution in [0.25, 0.3) is 0 Å². The van der Waals surface area contributed by atoms with E-state index in [1.807, 2.05) is 13.8 Å². The molecule has 1 unspecified atom stereocenters. The molecule has 3 heteroatoms. The van der Waals surface area contributed by atoms with Crippen LogP contribution in [0, 0.1) is 6.92 Å². The molecule has 0 aliphatic heterocycles. The number of rotatable bonds is 3. The molecule has 0 saturated heterocycles. The first-order chi connectivity index (χ1) is 5.92. The minimum Gasteiger partial charge on any atom is -0.246 e. The lowest BCUT2D eigenvalue weighted by Crippen LogP contribution is -2.21. The highest BCUT2D eigenvalue weighted by molar-refractivity contribution is 7.09. The monoisotopic (exact) mass is 217 g/mol. The van der Waals surface area contributed by atoms with Gasteiger partial charge < -0.3 is 0 Å². The van der Waals surface area contributed by atoms with Gasteiger partial charge in [0.25, 0.3) is 0 Å². The van der Waals surface area contributed by atoms with Crippen LogP contribution in [0.3, 0.4) is 0 Å². The van der Waals surface area contributed by atoms with Crippen LogP contribution in [-0.2, 0) is 5.41 Å². The molecule has 1 rings (SSSR count). The van der Waals surface area contributed by atoms with Crippen LogP contribution in [0.2, 0.25) is 0 Å². The molecule has 0 N–H and O–H groups in total. The summed E-state index contributed by atoms with van der Waals surface area (Å²) in [6.45, 7) is 8.46. The van der Waals surface area contributed by atoms with Crippen molar-refractivity contribution in [3.05, 3.63) is 16.1 Å². The van der Waals surface area contributed by atoms with Crippen LogP contribution in [0.1, 0.15) is 37.9 Å². The molecule has 0 spiro atoms. The molecule has 1 heterocycles. The summed E-state index contributed by atoms with van der Waals surface area (Å²) in [5.41, 5.74) is 1.27. The van der Waals surface area contributed by atoms with Gasteiger partial charge in [0.1, 0.15) is 0 Å². The van der Waals surface area contributed by atoms with Crippen molar-refractivity contribution in [3.8, 4) is 0 Å². The summed E-state index contributed by atoms with van der Waals surface area (Å²) < 4.78 is 0. The van der Waals surface area contributed by atoms with Crippen LogP contribution >= 0.6 is 22.9 Å². The van der Waals surface area contributed by atoms with Crippen molar-refractivity contribution in [1.82, 2.24) is 4.98 Å². The summed E-state index contributed by atoms with van der Waals surface area (Å²) in [5.74, 6) is 0. The van der Waals surface area contributed by atoms with Crippen molar-refractivity contribution >= 4 is 22.9 Å². The van der Waals surface area contributed by atoms with Crippen molar-refractivity contribution in [2.24, 2.45) is 0 Å². The third-order valence-electron chi connectivity index (χ3n) is 2.10. The SMILES string of the molecule is Cc1nc(C(C)(C)CC(C)Cl)cs1.